The molecule has 0 radical (unpaired) electrons. The number of hydrogen-bond donors (Lipinski definition) is 0. The van der Waals surface area contributed by atoms with E-state index in [1.165, 1.54) is 12.3 Å². The molecule has 1 rings (SSSR count). The quantitative estimate of drug-likeness (QED) is 0.580. The first kappa shape index (κ1) is 12.0. The van der Waals surface area contributed by atoms with E-state index in [1.54, 1.807) is 6.92 Å². The summed E-state index contributed by atoms with van der Waals surface area (Å²) in [4.78, 5) is 7.18. The topological polar surface area (TPSA) is 59.9 Å². The van der Waals surface area contributed by atoms with Crippen molar-refractivity contribution in [1.82, 2.24) is 9.97 Å². The molecule has 0 aromatic carbocycles. The van der Waals surface area contributed by atoms with Gasteiger partial charge in [-0.25, -0.2) is 18.4 Å². The van der Waals surface area contributed by atoms with Crippen molar-refractivity contribution in [1.29, 1.82) is 0 Å². The molecule has 0 spiro atoms. The lowest BCUT2D eigenvalue weighted by atomic mass is 10.5. The Morgan fingerprint density at radius 2 is 1.93 bits per heavy atom. The Morgan fingerprint density at radius 3 is 2.36 bits per heavy atom. The molecule has 0 aliphatic rings. The monoisotopic (exact) mass is 274 g/mol. The van der Waals surface area contributed by atoms with Gasteiger partial charge in [-0.1, -0.05) is 34.8 Å². The predicted octanol–water partition coefficient (Wildman–Crippen LogP) is 1.89. The van der Waals surface area contributed by atoms with Crippen molar-refractivity contribution >= 4 is 44.6 Å². The molecule has 0 amide bonds. The Balaban J connectivity index is 3.32. The molecule has 0 atom stereocenters. The van der Waals surface area contributed by atoms with Gasteiger partial charge in [-0.3, -0.25) is 0 Å². The summed E-state index contributed by atoms with van der Waals surface area (Å²) in [5, 5.41) is -0.488. The highest BCUT2D eigenvalue weighted by Gasteiger charge is 2.41. The molecule has 4 nitrogen and oxygen atoms in total. The van der Waals surface area contributed by atoms with Crippen molar-refractivity contribution in [3.05, 3.63) is 18.0 Å². The third kappa shape index (κ3) is 2.28. The van der Waals surface area contributed by atoms with Crippen LogP contribution < -0.4 is 0 Å². The Morgan fingerprint density at radius 1 is 1.36 bits per heavy atom. The van der Waals surface area contributed by atoms with Crippen molar-refractivity contribution in [2.45, 2.75) is 15.2 Å². The van der Waals surface area contributed by atoms with E-state index in [-0.39, 0.29) is 0 Å². The molecule has 1 aromatic heterocycles. The maximum Gasteiger partial charge on any atom is 0.300 e. The molecule has 14 heavy (non-hydrogen) atoms. The first-order valence-electron chi connectivity index (χ1n) is 3.36. The predicted molar refractivity (Wildman–Crippen MR) is 54.2 cm³/mol. The van der Waals surface area contributed by atoms with Crippen LogP contribution in [0.5, 0.6) is 0 Å². The van der Waals surface area contributed by atoms with Crippen LogP contribution in [0.15, 0.2) is 17.4 Å². The van der Waals surface area contributed by atoms with Gasteiger partial charge in [0.05, 0.1) is 0 Å². The van der Waals surface area contributed by atoms with E-state index in [2.05, 4.69) is 9.97 Å². The number of sulfone groups is 1. The van der Waals surface area contributed by atoms with Crippen LogP contribution >= 0.6 is 34.8 Å². The Labute approximate surface area is 96.1 Å². The molecular weight excluding hydrogens is 271 g/mol. The minimum absolute atomic E-state index is 0.479. The summed E-state index contributed by atoms with van der Waals surface area (Å²) in [6, 6.07) is 1.54. The number of rotatable bonds is 1. The van der Waals surface area contributed by atoms with Crippen molar-refractivity contribution in [3.8, 4) is 0 Å². The van der Waals surface area contributed by atoms with E-state index >= 15 is 0 Å². The van der Waals surface area contributed by atoms with E-state index in [0.29, 0.717) is 5.69 Å². The highest BCUT2D eigenvalue weighted by Crippen LogP contribution is 2.36. The fourth-order valence-corrected chi connectivity index (χ4v) is 1.95. The SMILES string of the molecule is Cc1ccnc(S(=O)(=O)C(Cl)(Cl)Cl)n1. The highest BCUT2D eigenvalue weighted by molar-refractivity contribution is 7.97. The Bertz CT molecular complexity index is 441. The Hall–Kier alpha value is -0.100. The number of aryl methyl sites for hydroxylation is 1. The molecule has 78 valence electrons. The summed E-state index contributed by atoms with van der Waals surface area (Å²) in [7, 11) is -4.12. The molecule has 1 heterocycles. The van der Waals surface area contributed by atoms with Crippen molar-refractivity contribution in [3.63, 3.8) is 0 Å². The van der Waals surface area contributed by atoms with Crippen LogP contribution in [0.3, 0.4) is 0 Å². The summed E-state index contributed by atoms with van der Waals surface area (Å²) in [5.41, 5.74) is 0.479. The van der Waals surface area contributed by atoms with Crippen LogP contribution in [0.2, 0.25) is 0 Å². The van der Waals surface area contributed by atoms with Crippen LogP contribution in [0.1, 0.15) is 5.69 Å². The fourth-order valence-electron chi connectivity index (χ4n) is 0.659. The lowest BCUT2D eigenvalue weighted by molar-refractivity contribution is 0.586. The maximum atomic E-state index is 11.5. The zero-order valence-electron chi connectivity index (χ0n) is 6.91. The van der Waals surface area contributed by atoms with Gasteiger partial charge in [0.25, 0.3) is 18.1 Å². The number of nitrogens with zero attached hydrogens (tertiary/aromatic N) is 2. The largest absolute Gasteiger partial charge is 0.300 e. The normalized spacial score (nSPS) is 12.9. The molecule has 0 aliphatic carbocycles. The van der Waals surface area contributed by atoms with Crippen molar-refractivity contribution < 1.29 is 8.42 Å². The van der Waals surface area contributed by atoms with Gasteiger partial charge in [0.15, 0.2) is 0 Å². The van der Waals surface area contributed by atoms with E-state index in [9.17, 15) is 8.42 Å². The lowest BCUT2D eigenvalue weighted by Gasteiger charge is -2.10. The highest BCUT2D eigenvalue weighted by atomic mass is 35.6. The van der Waals surface area contributed by atoms with Gasteiger partial charge >= 0.3 is 0 Å². The van der Waals surface area contributed by atoms with Gasteiger partial charge in [0.1, 0.15) is 0 Å². The van der Waals surface area contributed by atoms with E-state index in [4.69, 9.17) is 34.8 Å². The zero-order valence-corrected chi connectivity index (χ0v) is 9.99. The van der Waals surface area contributed by atoms with Gasteiger partial charge in [0, 0.05) is 11.9 Å². The van der Waals surface area contributed by atoms with Gasteiger partial charge in [-0.15, -0.1) is 0 Å². The zero-order chi connectivity index (χ0) is 11.0. The van der Waals surface area contributed by atoms with E-state index < -0.39 is 18.1 Å². The average molecular weight is 276 g/mol. The minimum Gasteiger partial charge on any atom is -0.227 e. The molecule has 0 fully saturated rings. The second-order valence-electron chi connectivity index (χ2n) is 2.43. The van der Waals surface area contributed by atoms with Crippen LogP contribution in [-0.2, 0) is 9.84 Å². The van der Waals surface area contributed by atoms with Crippen LogP contribution in [0, 0.1) is 6.92 Å². The summed E-state index contributed by atoms with van der Waals surface area (Å²) in [6.45, 7) is 1.61. The summed E-state index contributed by atoms with van der Waals surface area (Å²) < 4.78 is 20.5. The van der Waals surface area contributed by atoms with Gasteiger partial charge in [-0.2, -0.15) is 0 Å². The van der Waals surface area contributed by atoms with Crippen molar-refractivity contribution in [2.24, 2.45) is 0 Å². The molecule has 0 aliphatic heterocycles. The summed E-state index contributed by atoms with van der Waals surface area (Å²) >= 11 is 15.8. The molecule has 0 saturated carbocycles. The molecule has 0 bridgehead atoms. The first-order valence-corrected chi connectivity index (χ1v) is 5.98. The number of halogens is 3. The second kappa shape index (κ2) is 3.81. The standard InChI is InChI=1S/C6H5Cl3N2O2S/c1-4-2-3-10-5(11-4)14(12,13)6(7,8)9/h2-3H,1H3. The van der Waals surface area contributed by atoms with Crippen LogP contribution in [0.25, 0.3) is 0 Å². The van der Waals surface area contributed by atoms with E-state index in [0.717, 1.165) is 0 Å². The maximum absolute atomic E-state index is 11.5. The number of hydrogen-bond acceptors (Lipinski definition) is 4. The third-order valence-electron chi connectivity index (χ3n) is 1.32. The minimum atomic E-state index is -4.12. The van der Waals surface area contributed by atoms with Crippen molar-refractivity contribution in [2.75, 3.05) is 0 Å². The summed E-state index contributed by atoms with van der Waals surface area (Å²) in [5.74, 6) is 0. The number of alkyl halides is 3. The van der Waals surface area contributed by atoms with Gasteiger partial charge in [0.2, 0.25) is 0 Å². The first-order chi connectivity index (χ1) is 6.25. The average Bonchev–Trinajstić information content (AvgIpc) is 2.02. The van der Waals surface area contributed by atoms with E-state index in [1.807, 2.05) is 0 Å². The number of aromatic nitrogens is 2. The molecule has 0 unspecified atom stereocenters. The molecule has 0 N–H and O–H groups in total. The second-order valence-corrected chi connectivity index (χ2v) is 7.37. The molecule has 0 saturated heterocycles. The molecule has 1 aromatic rings. The van der Waals surface area contributed by atoms with Crippen LogP contribution in [-0.4, -0.2) is 21.5 Å². The fraction of sp³-hybridized carbons (Fsp3) is 0.333. The smallest absolute Gasteiger partial charge is 0.227 e. The lowest BCUT2D eigenvalue weighted by Crippen LogP contribution is -2.22. The Kier molecular flexibility index (Phi) is 3.26. The summed E-state index contributed by atoms with van der Waals surface area (Å²) in [6.07, 6.45) is 1.28. The van der Waals surface area contributed by atoms with Crippen LogP contribution in [0.4, 0.5) is 0 Å². The van der Waals surface area contributed by atoms with Gasteiger partial charge in [-0.05, 0) is 13.0 Å². The third-order valence-corrected chi connectivity index (χ3v) is 4.43. The van der Waals surface area contributed by atoms with Gasteiger partial charge < -0.3 is 0 Å². The molecule has 8 heteroatoms. The molecular formula is C6H5Cl3N2O2S.